The van der Waals surface area contributed by atoms with Gasteiger partial charge in [-0.2, -0.15) is 0 Å². The second-order valence-electron chi connectivity index (χ2n) is 6.31. The Bertz CT molecular complexity index is 972. The van der Waals surface area contributed by atoms with E-state index < -0.39 is 11.5 Å². The van der Waals surface area contributed by atoms with Gasteiger partial charge in [0.1, 0.15) is 17.0 Å². The molecule has 3 aromatic rings. The predicted octanol–water partition coefficient (Wildman–Crippen LogP) is 2.28. The van der Waals surface area contributed by atoms with Gasteiger partial charge in [-0.3, -0.25) is 14.2 Å². The van der Waals surface area contributed by atoms with Gasteiger partial charge < -0.3 is 9.73 Å². The number of nitrogens with one attached hydrogen (secondary N) is 1. The summed E-state index contributed by atoms with van der Waals surface area (Å²) in [4.78, 5) is 33.7. The van der Waals surface area contributed by atoms with E-state index in [0.717, 1.165) is 5.76 Å². The van der Waals surface area contributed by atoms with Gasteiger partial charge in [-0.05, 0) is 37.1 Å². The summed E-state index contributed by atoms with van der Waals surface area (Å²) in [5.74, 6) is 1.09. The monoisotopic (exact) mass is 340 g/mol. The minimum absolute atomic E-state index is 0.135. The van der Waals surface area contributed by atoms with Gasteiger partial charge in [0, 0.05) is 12.7 Å². The summed E-state index contributed by atoms with van der Waals surface area (Å²) < 4.78 is 6.93. The van der Waals surface area contributed by atoms with E-state index in [9.17, 15) is 9.59 Å². The number of nitrogens with zero attached hydrogens (tertiary/aromatic N) is 3. The van der Waals surface area contributed by atoms with Crippen LogP contribution in [0.3, 0.4) is 0 Å². The molecule has 0 aliphatic rings. The quantitative estimate of drug-likeness (QED) is 0.769. The summed E-state index contributed by atoms with van der Waals surface area (Å²) >= 11 is 0. The first-order valence-corrected chi connectivity index (χ1v) is 8.15. The third-order valence-electron chi connectivity index (χ3n) is 3.68. The van der Waals surface area contributed by atoms with Gasteiger partial charge >= 0.3 is 0 Å². The highest BCUT2D eigenvalue weighted by molar-refractivity contribution is 5.93. The molecule has 0 unspecified atom stereocenters. The van der Waals surface area contributed by atoms with E-state index >= 15 is 0 Å². The molecule has 3 aromatic heterocycles. The van der Waals surface area contributed by atoms with E-state index in [4.69, 9.17) is 4.42 Å². The van der Waals surface area contributed by atoms with E-state index in [0.29, 0.717) is 23.5 Å². The first kappa shape index (κ1) is 16.9. The molecule has 3 heterocycles. The zero-order chi connectivity index (χ0) is 18.0. The number of furan rings is 1. The van der Waals surface area contributed by atoms with Gasteiger partial charge in [-0.15, -0.1) is 0 Å². The zero-order valence-electron chi connectivity index (χ0n) is 14.4. The second-order valence-corrected chi connectivity index (χ2v) is 6.31. The Morgan fingerprint density at radius 3 is 2.80 bits per heavy atom. The molecule has 0 spiro atoms. The van der Waals surface area contributed by atoms with Crippen molar-refractivity contribution < 1.29 is 9.21 Å². The van der Waals surface area contributed by atoms with Gasteiger partial charge in [-0.1, -0.05) is 13.8 Å². The normalized spacial score (nSPS) is 11.2. The molecule has 130 valence electrons. The summed E-state index contributed by atoms with van der Waals surface area (Å²) in [6.45, 7) is 6.49. The van der Waals surface area contributed by atoms with Crippen molar-refractivity contribution in [2.24, 2.45) is 5.92 Å². The average Bonchev–Trinajstić information content (AvgIpc) is 3.00. The van der Waals surface area contributed by atoms with Gasteiger partial charge in [0.15, 0.2) is 11.3 Å². The molecule has 0 aliphatic heterocycles. The number of amides is 1. The van der Waals surface area contributed by atoms with E-state index in [2.05, 4.69) is 15.3 Å². The molecule has 3 rings (SSSR count). The minimum atomic E-state index is -0.526. The van der Waals surface area contributed by atoms with Gasteiger partial charge in [0.25, 0.3) is 11.5 Å². The lowest BCUT2D eigenvalue weighted by Gasteiger charge is -2.13. The van der Waals surface area contributed by atoms with Crippen LogP contribution in [-0.4, -0.2) is 20.4 Å². The van der Waals surface area contributed by atoms with Crippen molar-refractivity contribution in [3.63, 3.8) is 0 Å². The van der Waals surface area contributed by atoms with Gasteiger partial charge in [0.05, 0.1) is 6.54 Å². The fraction of sp³-hybridized carbons (Fsp3) is 0.333. The maximum atomic E-state index is 12.8. The standard InChI is InChI=1S/C18H20N4O3/c1-11(2)10-22-16-14(5-4-8-19-16)21-15(18(22)24)17(23)20-9-13-7-6-12(3)25-13/h4-8,11H,9-10H2,1-3H3,(H,20,23). The molecule has 7 nitrogen and oxygen atoms in total. The van der Waals surface area contributed by atoms with E-state index in [-0.39, 0.29) is 18.2 Å². The Hall–Kier alpha value is -2.96. The Morgan fingerprint density at radius 2 is 2.12 bits per heavy atom. The fourth-order valence-corrected chi connectivity index (χ4v) is 2.59. The number of hydrogen-bond acceptors (Lipinski definition) is 5. The lowest BCUT2D eigenvalue weighted by Crippen LogP contribution is -2.35. The largest absolute Gasteiger partial charge is 0.465 e. The molecular formula is C18H20N4O3. The van der Waals surface area contributed by atoms with Crippen molar-refractivity contribution in [2.45, 2.75) is 33.9 Å². The van der Waals surface area contributed by atoms with Gasteiger partial charge in [0.2, 0.25) is 0 Å². The Morgan fingerprint density at radius 1 is 1.32 bits per heavy atom. The smallest absolute Gasteiger partial charge is 0.283 e. The number of carbonyl (C=O) groups excluding carboxylic acids is 1. The molecule has 0 bridgehead atoms. The van der Waals surface area contributed by atoms with Crippen LogP contribution in [0.2, 0.25) is 0 Å². The van der Waals surface area contributed by atoms with Crippen molar-refractivity contribution in [1.82, 2.24) is 19.9 Å². The number of fused-ring (bicyclic) bond motifs is 1. The average molecular weight is 340 g/mol. The van der Waals surface area contributed by atoms with Crippen molar-refractivity contribution in [3.05, 3.63) is 58.0 Å². The summed E-state index contributed by atoms with van der Waals surface area (Å²) in [7, 11) is 0. The van der Waals surface area contributed by atoms with E-state index in [1.165, 1.54) is 4.57 Å². The molecule has 1 N–H and O–H groups in total. The molecule has 0 radical (unpaired) electrons. The maximum Gasteiger partial charge on any atom is 0.283 e. The highest BCUT2D eigenvalue weighted by Gasteiger charge is 2.18. The molecule has 25 heavy (non-hydrogen) atoms. The SMILES string of the molecule is Cc1ccc(CNC(=O)c2nc3cccnc3n(CC(C)C)c2=O)o1. The van der Waals surface area contributed by atoms with Crippen LogP contribution in [0.25, 0.3) is 11.2 Å². The molecule has 0 atom stereocenters. The lowest BCUT2D eigenvalue weighted by molar-refractivity contribution is 0.0941. The number of rotatable bonds is 5. The Kier molecular flexibility index (Phi) is 4.65. The minimum Gasteiger partial charge on any atom is -0.465 e. The van der Waals surface area contributed by atoms with Crippen LogP contribution in [0.15, 0.2) is 39.7 Å². The predicted molar refractivity (Wildman–Crippen MR) is 93.3 cm³/mol. The molecule has 0 aliphatic carbocycles. The first-order valence-electron chi connectivity index (χ1n) is 8.15. The number of carbonyl (C=O) groups is 1. The number of pyridine rings is 1. The molecule has 7 heteroatoms. The second kappa shape index (κ2) is 6.88. The van der Waals surface area contributed by atoms with Crippen molar-refractivity contribution in [2.75, 3.05) is 0 Å². The maximum absolute atomic E-state index is 12.8. The highest BCUT2D eigenvalue weighted by Crippen LogP contribution is 2.10. The first-order chi connectivity index (χ1) is 12.0. The summed E-state index contributed by atoms with van der Waals surface area (Å²) in [6, 6.07) is 7.07. The Labute approximate surface area is 144 Å². The third-order valence-corrected chi connectivity index (χ3v) is 3.68. The number of aryl methyl sites for hydroxylation is 1. The van der Waals surface area contributed by atoms with E-state index in [1.54, 1.807) is 24.4 Å². The van der Waals surface area contributed by atoms with Crippen molar-refractivity contribution in [1.29, 1.82) is 0 Å². The third kappa shape index (κ3) is 3.60. The van der Waals surface area contributed by atoms with Crippen LogP contribution in [-0.2, 0) is 13.1 Å². The van der Waals surface area contributed by atoms with Crippen LogP contribution in [0.4, 0.5) is 0 Å². The topological polar surface area (TPSA) is 90.0 Å². The van der Waals surface area contributed by atoms with Crippen molar-refractivity contribution >= 4 is 17.1 Å². The molecule has 0 aromatic carbocycles. The summed E-state index contributed by atoms with van der Waals surface area (Å²) in [6.07, 6.45) is 1.61. The molecule has 0 saturated heterocycles. The highest BCUT2D eigenvalue weighted by atomic mass is 16.3. The van der Waals surface area contributed by atoms with Crippen LogP contribution >= 0.6 is 0 Å². The van der Waals surface area contributed by atoms with Gasteiger partial charge in [-0.25, -0.2) is 9.97 Å². The molecule has 1 amide bonds. The zero-order valence-corrected chi connectivity index (χ0v) is 14.4. The van der Waals surface area contributed by atoms with Crippen LogP contribution in [0.5, 0.6) is 0 Å². The lowest BCUT2D eigenvalue weighted by atomic mass is 10.2. The fourth-order valence-electron chi connectivity index (χ4n) is 2.59. The Balaban J connectivity index is 1.96. The van der Waals surface area contributed by atoms with Crippen LogP contribution in [0.1, 0.15) is 35.9 Å². The molecule has 0 fully saturated rings. The van der Waals surface area contributed by atoms with Crippen molar-refractivity contribution in [3.8, 4) is 0 Å². The molecule has 0 saturated carbocycles. The summed E-state index contributed by atoms with van der Waals surface area (Å²) in [5, 5.41) is 2.69. The molecular weight excluding hydrogens is 320 g/mol. The van der Waals surface area contributed by atoms with E-state index in [1.807, 2.05) is 26.8 Å². The van der Waals surface area contributed by atoms with Crippen LogP contribution < -0.4 is 10.9 Å². The summed E-state index contributed by atoms with van der Waals surface area (Å²) in [5.41, 5.74) is 0.429. The van der Waals surface area contributed by atoms with Crippen LogP contribution in [0, 0.1) is 12.8 Å². The number of hydrogen-bond donors (Lipinski definition) is 1. The number of aromatic nitrogens is 3.